The number of aryl methyl sites for hydroxylation is 2. The third-order valence-electron chi connectivity index (χ3n) is 10.9. The van der Waals surface area contributed by atoms with E-state index in [0.717, 1.165) is 37.0 Å². The van der Waals surface area contributed by atoms with Crippen LogP contribution in [0.1, 0.15) is 275 Å². The molecule has 2 aliphatic rings. The van der Waals surface area contributed by atoms with Crippen molar-refractivity contribution in [1.29, 1.82) is 0 Å². The van der Waals surface area contributed by atoms with E-state index in [1.54, 1.807) is 0 Å². The van der Waals surface area contributed by atoms with Gasteiger partial charge in [-0.3, -0.25) is 9.59 Å². The number of hydrogen-bond donors (Lipinski definition) is 0. The number of ether oxygens (including phenoxy) is 2. The van der Waals surface area contributed by atoms with Crippen LogP contribution in [-0.2, 0) is 41.5 Å². The number of carbonyl (C=O) groups is 4. The summed E-state index contributed by atoms with van der Waals surface area (Å²) in [6, 6.07) is 26.7. The van der Waals surface area contributed by atoms with E-state index in [9.17, 15) is 19.2 Å². The first-order valence-corrected chi connectivity index (χ1v) is 22.4. The third-order valence-corrected chi connectivity index (χ3v) is 10.9. The molecule has 426 valence electrons. The van der Waals surface area contributed by atoms with Crippen LogP contribution in [0.2, 0.25) is 0 Å². The van der Waals surface area contributed by atoms with Crippen LogP contribution in [0, 0.1) is 29.1 Å². The largest absolute Gasteiger partial charge is 0.393 e. The van der Waals surface area contributed by atoms with Crippen molar-refractivity contribution in [3.05, 3.63) is 118 Å². The molecule has 0 saturated carbocycles. The van der Waals surface area contributed by atoms with Gasteiger partial charge >= 0.3 is 23.9 Å². The monoisotopic (exact) mass is 1010 g/mol. The number of rotatable bonds is 12. The van der Waals surface area contributed by atoms with Crippen LogP contribution in [0.3, 0.4) is 0 Å². The molecule has 1 saturated heterocycles. The highest BCUT2D eigenvalue weighted by molar-refractivity contribution is 6.04. The lowest BCUT2D eigenvalue weighted by molar-refractivity contribution is -0.153. The highest BCUT2D eigenvalue weighted by atomic mass is 16.6. The molecule has 3 aromatic carbocycles. The molecule has 0 amide bonds. The standard InChI is InChI=1S/C19H26O3.C16H26.C15H24.C4H2O3.12CH4/c1-5-14(12-19(2,3)4)15-8-6-13(7-9-15)10-16-11-17(20)22-18(16)21;1-6-13-8-10-15(11-9-13)14(7-2)12-16(3,4)5;1-6-13(11-15(3,4)5)14-9-7-12(2)8-10-14;5-3-1-2-4(6)7-3;;;;;;;;;;;;/h6-9,14,16H,5,10-12H2,1-4H3;8-11,14H,6-7,12H2,1-5H3;7-10,13H,6,11H2,1-5H3;1-2H;12*1H4. The van der Waals surface area contributed by atoms with Crippen LogP contribution in [-0.4, -0.2) is 23.9 Å². The zero-order valence-corrected chi connectivity index (χ0v) is 39.7. The minimum atomic E-state index is -0.579. The Kier molecular flexibility index (Phi) is 57.5. The predicted molar refractivity (Wildman–Crippen MR) is 329 cm³/mol. The summed E-state index contributed by atoms with van der Waals surface area (Å²) in [5, 5.41) is 0. The van der Waals surface area contributed by atoms with Crippen molar-refractivity contribution in [1.82, 2.24) is 0 Å². The van der Waals surface area contributed by atoms with Gasteiger partial charge in [-0.15, -0.1) is 0 Å². The van der Waals surface area contributed by atoms with Crippen LogP contribution in [0.5, 0.6) is 0 Å². The fraction of sp³-hybridized carbons (Fsp3) is 0.636. The van der Waals surface area contributed by atoms with Crippen molar-refractivity contribution in [2.45, 2.75) is 262 Å². The van der Waals surface area contributed by atoms with Crippen molar-refractivity contribution in [3.8, 4) is 0 Å². The molecule has 0 spiro atoms. The second-order valence-corrected chi connectivity index (χ2v) is 20.3. The Balaban J connectivity index is -0.0000000757. The Labute approximate surface area is 452 Å². The van der Waals surface area contributed by atoms with Crippen LogP contribution in [0.25, 0.3) is 0 Å². The normalized spacial score (nSPS) is 13.8. The molecule has 0 N–H and O–H groups in total. The van der Waals surface area contributed by atoms with Crippen LogP contribution >= 0.6 is 0 Å². The molecule has 72 heavy (non-hydrogen) atoms. The minimum absolute atomic E-state index is 0. The van der Waals surface area contributed by atoms with Gasteiger partial charge in [0, 0.05) is 12.2 Å². The first-order chi connectivity index (χ1) is 27.9. The summed E-state index contributed by atoms with van der Waals surface area (Å²) in [4.78, 5) is 42.5. The molecule has 0 aromatic heterocycles. The first kappa shape index (κ1) is 93.7. The Morgan fingerprint density at radius 1 is 0.444 bits per heavy atom. The van der Waals surface area contributed by atoms with Crippen molar-refractivity contribution in [2.75, 3.05) is 0 Å². The SMILES string of the molecule is C.C.C.C.C.C.C.C.C.C.C.C.CCC(CC(C)(C)C)c1ccc(C)cc1.CCC(CC(C)(C)C)c1ccc(CC2CC(=O)OC2=O)cc1.CCc1ccc(C(CC)CC(C)(C)C)cc1.O=C1C=CC(=O)O1. The molecule has 5 rings (SSSR count). The number of hydrogen-bond acceptors (Lipinski definition) is 6. The van der Waals surface area contributed by atoms with E-state index < -0.39 is 17.9 Å². The fourth-order valence-electron chi connectivity index (χ4n) is 7.77. The van der Waals surface area contributed by atoms with Gasteiger partial charge in [0.05, 0.1) is 12.3 Å². The summed E-state index contributed by atoms with van der Waals surface area (Å²) >= 11 is 0. The Morgan fingerprint density at radius 2 is 0.736 bits per heavy atom. The van der Waals surface area contributed by atoms with Crippen molar-refractivity contribution < 1.29 is 28.7 Å². The van der Waals surface area contributed by atoms with E-state index in [1.807, 2.05) is 0 Å². The van der Waals surface area contributed by atoms with E-state index in [2.05, 4.69) is 179 Å². The summed E-state index contributed by atoms with van der Waals surface area (Å²) in [6.07, 6.45) is 11.4. The quantitative estimate of drug-likeness (QED) is 0.133. The Bertz CT molecular complexity index is 1780. The lowest BCUT2D eigenvalue weighted by Gasteiger charge is -2.25. The molecule has 6 heteroatoms. The van der Waals surface area contributed by atoms with Gasteiger partial charge < -0.3 is 9.47 Å². The van der Waals surface area contributed by atoms with Crippen LogP contribution in [0.4, 0.5) is 0 Å². The molecule has 0 bridgehead atoms. The maximum atomic E-state index is 11.5. The molecular weight excluding hydrogens is 889 g/mol. The first-order valence-electron chi connectivity index (χ1n) is 22.4. The van der Waals surface area contributed by atoms with Gasteiger partial charge in [-0.2, -0.15) is 0 Å². The second kappa shape index (κ2) is 44.2. The molecular formula is C66H126O6. The van der Waals surface area contributed by atoms with Gasteiger partial charge in [0.15, 0.2) is 0 Å². The van der Waals surface area contributed by atoms with Crippen molar-refractivity contribution >= 4 is 23.9 Å². The fourth-order valence-corrected chi connectivity index (χ4v) is 7.77. The molecule has 3 aromatic rings. The average Bonchev–Trinajstić information content (AvgIpc) is 3.72. The highest BCUT2D eigenvalue weighted by Gasteiger charge is 2.33. The summed E-state index contributed by atoms with van der Waals surface area (Å²) in [7, 11) is 0. The molecule has 2 heterocycles. The molecule has 0 aliphatic carbocycles. The zero-order valence-electron chi connectivity index (χ0n) is 39.7. The summed E-state index contributed by atoms with van der Waals surface area (Å²) in [5.74, 6) is -0.260. The van der Waals surface area contributed by atoms with E-state index >= 15 is 0 Å². The van der Waals surface area contributed by atoms with Gasteiger partial charge in [0.25, 0.3) is 0 Å². The molecule has 0 radical (unpaired) electrons. The van der Waals surface area contributed by atoms with Crippen molar-refractivity contribution in [3.63, 3.8) is 0 Å². The number of esters is 4. The van der Waals surface area contributed by atoms with Gasteiger partial charge in [-0.05, 0) is 120 Å². The van der Waals surface area contributed by atoms with E-state index in [0.29, 0.717) is 40.4 Å². The lowest BCUT2D eigenvalue weighted by atomic mass is 9.80. The van der Waals surface area contributed by atoms with Gasteiger partial charge in [-0.25, -0.2) is 9.59 Å². The molecule has 4 unspecified atom stereocenters. The van der Waals surface area contributed by atoms with E-state index in [4.69, 9.17) is 0 Å². The topological polar surface area (TPSA) is 86.7 Å². The molecule has 4 atom stereocenters. The second-order valence-electron chi connectivity index (χ2n) is 20.3. The Hall–Kier alpha value is -4.32. The molecule has 2 aliphatic heterocycles. The maximum absolute atomic E-state index is 11.5. The number of benzene rings is 3. The number of carbonyl (C=O) groups excluding carboxylic acids is 4. The molecule has 6 nitrogen and oxygen atoms in total. The highest BCUT2D eigenvalue weighted by Crippen LogP contribution is 2.36. The zero-order chi connectivity index (χ0) is 45.3. The maximum Gasteiger partial charge on any atom is 0.338 e. The third kappa shape index (κ3) is 37.4. The summed E-state index contributed by atoms with van der Waals surface area (Å²) in [6.45, 7) is 31.9. The average molecular weight is 1020 g/mol. The molecule has 1 fully saturated rings. The van der Waals surface area contributed by atoms with Gasteiger partial charge in [0.2, 0.25) is 0 Å². The van der Waals surface area contributed by atoms with Crippen LogP contribution < -0.4 is 0 Å². The van der Waals surface area contributed by atoms with E-state index in [-0.39, 0.29) is 107 Å². The Morgan fingerprint density at radius 3 is 0.958 bits per heavy atom. The van der Waals surface area contributed by atoms with Gasteiger partial charge in [0.1, 0.15) is 0 Å². The van der Waals surface area contributed by atoms with Crippen LogP contribution in [0.15, 0.2) is 84.9 Å². The summed E-state index contributed by atoms with van der Waals surface area (Å²) < 4.78 is 8.57. The predicted octanol–water partition coefficient (Wildman–Crippen LogP) is 21.6. The smallest absolute Gasteiger partial charge is 0.338 e. The minimum Gasteiger partial charge on any atom is -0.393 e. The van der Waals surface area contributed by atoms with Gasteiger partial charge in [-0.1, -0.05) is 257 Å². The number of cyclic esters (lactones) is 4. The van der Waals surface area contributed by atoms with Crippen molar-refractivity contribution in [2.24, 2.45) is 22.2 Å². The van der Waals surface area contributed by atoms with E-state index in [1.165, 1.54) is 53.5 Å². The summed E-state index contributed by atoms with van der Waals surface area (Å²) in [5.41, 5.74) is 9.40. The lowest BCUT2D eigenvalue weighted by Crippen LogP contribution is -2.12.